The van der Waals surface area contributed by atoms with Crippen molar-refractivity contribution in [2.45, 2.75) is 36.5 Å². The highest BCUT2D eigenvalue weighted by atomic mass is 127. The first-order valence-corrected chi connectivity index (χ1v) is 10.6. The fourth-order valence-corrected chi connectivity index (χ4v) is 4.44. The minimum Gasteiger partial charge on any atom is -0.381 e. The Labute approximate surface area is 199 Å². The molecule has 7 heteroatoms. The predicted molar refractivity (Wildman–Crippen MR) is 130 cm³/mol. The third-order valence-corrected chi connectivity index (χ3v) is 6.62. The number of guanidine groups is 1. The molecule has 1 heterocycles. The summed E-state index contributed by atoms with van der Waals surface area (Å²) in [6.07, 6.45) is 3.66. The number of ether oxygens (including phenoxy) is 1. The van der Waals surface area contributed by atoms with E-state index in [0.717, 1.165) is 36.8 Å². The summed E-state index contributed by atoms with van der Waals surface area (Å²) in [6, 6.07) is 13.8. The summed E-state index contributed by atoms with van der Waals surface area (Å²) >= 11 is 0. The number of benzene rings is 2. The van der Waals surface area contributed by atoms with Crippen LogP contribution in [0.3, 0.4) is 0 Å². The molecule has 0 aromatic heterocycles. The van der Waals surface area contributed by atoms with Gasteiger partial charge in [-0.15, -0.1) is 24.0 Å². The Morgan fingerprint density at radius 1 is 0.903 bits per heavy atom. The smallest absolute Gasteiger partial charge is 0.191 e. The summed E-state index contributed by atoms with van der Waals surface area (Å²) in [5.74, 6) is 0.331. The lowest BCUT2D eigenvalue weighted by Crippen LogP contribution is -2.49. The summed E-state index contributed by atoms with van der Waals surface area (Å²) in [5.41, 5.74) is 1.60. The lowest BCUT2D eigenvalue weighted by molar-refractivity contribution is 0.0513. The Morgan fingerprint density at radius 3 is 2.10 bits per heavy atom. The normalized spacial score (nSPS) is 19.3. The molecule has 0 radical (unpaired) electrons. The fraction of sp³-hybridized carbons (Fsp3) is 0.458. The van der Waals surface area contributed by atoms with Gasteiger partial charge in [-0.2, -0.15) is 0 Å². The molecule has 0 spiro atoms. The van der Waals surface area contributed by atoms with Crippen LogP contribution in [0.5, 0.6) is 0 Å². The van der Waals surface area contributed by atoms with Gasteiger partial charge < -0.3 is 15.4 Å². The quantitative estimate of drug-likeness (QED) is 0.321. The molecule has 4 rings (SSSR count). The maximum Gasteiger partial charge on any atom is 0.191 e. The van der Waals surface area contributed by atoms with Gasteiger partial charge in [-0.3, -0.25) is 4.99 Å². The number of hydrogen-bond acceptors (Lipinski definition) is 2. The van der Waals surface area contributed by atoms with Crippen LogP contribution in [-0.4, -0.2) is 39.3 Å². The number of halogens is 3. The minimum atomic E-state index is -0.228. The van der Waals surface area contributed by atoms with Crippen LogP contribution >= 0.6 is 24.0 Å². The number of aliphatic imine (C=N–C) groups is 1. The Balaban J connectivity index is 0.00000272. The van der Waals surface area contributed by atoms with Crippen molar-refractivity contribution >= 4 is 29.9 Å². The summed E-state index contributed by atoms with van der Waals surface area (Å²) < 4.78 is 33.3. The maximum absolute atomic E-state index is 14.3. The minimum absolute atomic E-state index is 0. The molecule has 1 saturated heterocycles. The van der Waals surface area contributed by atoms with E-state index in [1.807, 2.05) is 24.3 Å². The van der Waals surface area contributed by atoms with Crippen molar-refractivity contribution in [3.63, 3.8) is 0 Å². The molecule has 1 aliphatic carbocycles. The van der Waals surface area contributed by atoms with E-state index in [1.165, 1.54) is 18.2 Å². The third-order valence-electron chi connectivity index (χ3n) is 6.62. The molecule has 0 bridgehead atoms. The molecule has 2 N–H and O–H groups in total. The highest BCUT2D eigenvalue weighted by Crippen LogP contribution is 2.48. The van der Waals surface area contributed by atoms with Crippen LogP contribution in [0.25, 0.3) is 0 Å². The van der Waals surface area contributed by atoms with Crippen molar-refractivity contribution in [2.24, 2.45) is 4.99 Å². The third kappa shape index (κ3) is 5.37. The molecular weight excluding hydrogens is 511 g/mol. The zero-order valence-corrected chi connectivity index (χ0v) is 20.1. The van der Waals surface area contributed by atoms with Gasteiger partial charge in [0.25, 0.3) is 0 Å². The lowest BCUT2D eigenvalue weighted by atomic mass is 9.74. The van der Waals surface area contributed by atoms with Crippen LogP contribution in [0.1, 0.15) is 36.8 Å². The Bertz CT molecular complexity index is 894. The van der Waals surface area contributed by atoms with Crippen molar-refractivity contribution in [2.75, 3.05) is 33.4 Å². The van der Waals surface area contributed by atoms with Gasteiger partial charge in [0.05, 0.1) is 0 Å². The molecule has 4 nitrogen and oxygen atoms in total. The standard InChI is InChI=1S/C24H29F2N3O.HI/c1-27-22(29-17-24(10-11-24)20-4-2-3-5-21(20)26)28-16-23(12-14-30-15-13-23)18-6-8-19(25)9-7-18;/h2-9H,10-17H2,1H3,(H2,27,28,29);1H. The predicted octanol–water partition coefficient (Wildman–Crippen LogP) is 4.53. The van der Waals surface area contributed by atoms with Crippen molar-refractivity contribution in [3.8, 4) is 0 Å². The van der Waals surface area contributed by atoms with Gasteiger partial charge in [-0.05, 0) is 55.0 Å². The zero-order chi connectivity index (χ0) is 21.0. The summed E-state index contributed by atoms with van der Waals surface area (Å²) in [5, 5.41) is 6.85. The Kier molecular flexibility index (Phi) is 7.91. The summed E-state index contributed by atoms with van der Waals surface area (Å²) in [4.78, 5) is 4.37. The molecule has 0 unspecified atom stereocenters. The summed E-state index contributed by atoms with van der Waals surface area (Å²) in [6.45, 7) is 2.68. The van der Waals surface area contributed by atoms with Gasteiger partial charge >= 0.3 is 0 Å². The molecule has 2 aromatic rings. The van der Waals surface area contributed by atoms with Crippen molar-refractivity contribution in [1.29, 1.82) is 0 Å². The molecule has 31 heavy (non-hydrogen) atoms. The van der Waals surface area contributed by atoms with Gasteiger partial charge in [-0.1, -0.05) is 30.3 Å². The first-order valence-electron chi connectivity index (χ1n) is 10.6. The van der Waals surface area contributed by atoms with Crippen molar-refractivity contribution in [1.82, 2.24) is 10.6 Å². The van der Waals surface area contributed by atoms with E-state index < -0.39 is 0 Å². The molecule has 1 saturated carbocycles. The summed E-state index contributed by atoms with van der Waals surface area (Å²) in [7, 11) is 1.74. The topological polar surface area (TPSA) is 45.7 Å². The van der Waals surface area contributed by atoms with Crippen LogP contribution < -0.4 is 10.6 Å². The molecule has 2 aliphatic rings. The highest BCUT2D eigenvalue weighted by Gasteiger charge is 2.46. The monoisotopic (exact) mass is 541 g/mol. The molecule has 2 fully saturated rings. The van der Waals surface area contributed by atoms with E-state index in [4.69, 9.17) is 4.74 Å². The molecule has 168 valence electrons. The number of rotatable bonds is 6. The Morgan fingerprint density at radius 2 is 1.52 bits per heavy atom. The molecular formula is C24H30F2IN3O. The molecule has 2 aromatic carbocycles. The van der Waals surface area contributed by atoms with Crippen molar-refractivity contribution < 1.29 is 13.5 Å². The molecule has 0 amide bonds. The second-order valence-corrected chi connectivity index (χ2v) is 8.44. The first-order chi connectivity index (χ1) is 14.6. The largest absolute Gasteiger partial charge is 0.381 e. The molecule has 1 aliphatic heterocycles. The van der Waals surface area contributed by atoms with Crippen LogP contribution in [0.15, 0.2) is 53.5 Å². The average Bonchev–Trinajstić information content (AvgIpc) is 3.56. The highest BCUT2D eigenvalue weighted by molar-refractivity contribution is 14.0. The second-order valence-electron chi connectivity index (χ2n) is 8.44. The van der Waals surface area contributed by atoms with E-state index in [-0.39, 0.29) is 46.4 Å². The number of nitrogens with zero attached hydrogens (tertiary/aromatic N) is 1. The van der Waals surface area contributed by atoms with Crippen LogP contribution in [0.4, 0.5) is 8.78 Å². The van der Waals surface area contributed by atoms with Crippen LogP contribution in [-0.2, 0) is 15.6 Å². The van der Waals surface area contributed by atoms with E-state index in [0.29, 0.717) is 32.3 Å². The van der Waals surface area contributed by atoms with Gasteiger partial charge in [0.15, 0.2) is 5.96 Å². The van der Waals surface area contributed by atoms with E-state index in [1.54, 1.807) is 13.1 Å². The number of hydrogen-bond donors (Lipinski definition) is 2. The zero-order valence-electron chi connectivity index (χ0n) is 17.8. The maximum atomic E-state index is 14.3. The van der Waals surface area contributed by atoms with Crippen LogP contribution in [0.2, 0.25) is 0 Å². The van der Waals surface area contributed by atoms with Gasteiger partial charge in [0.1, 0.15) is 11.6 Å². The average molecular weight is 541 g/mol. The van der Waals surface area contributed by atoms with Gasteiger partial charge in [0, 0.05) is 44.2 Å². The van der Waals surface area contributed by atoms with E-state index in [2.05, 4.69) is 15.6 Å². The molecule has 0 atom stereocenters. The van der Waals surface area contributed by atoms with Crippen molar-refractivity contribution in [3.05, 3.63) is 71.3 Å². The second kappa shape index (κ2) is 10.3. The van der Waals surface area contributed by atoms with E-state index in [9.17, 15) is 8.78 Å². The SMILES string of the molecule is CN=C(NCC1(c2ccc(F)cc2)CCOCC1)NCC1(c2ccccc2F)CC1.I. The van der Waals surface area contributed by atoms with Gasteiger partial charge in [0.2, 0.25) is 0 Å². The lowest BCUT2D eigenvalue weighted by Gasteiger charge is -2.38. The fourth-order valence-electron chi connectivity index (χ4n) is 4.44. The van der Waals surface area contributed by atoms with E-state index >= 15 is 0 Å². The first kappa shape index (κ1) is 23.9. The van der Waals surface area contributed by atoms with Crippen LogP contribution in [0, 0.1) is 11.6 Å². The Hall–Kier alpha value is -1.74. The van der Waals surface area contributed by atoms with Gasteiger partial charge in [-0.25, -0.2) is 8.78 Å². The number of nitrogens with one attached hydrogen (secondary N) is 2.